The summed E-state index contributed by atoms with van der Waals surface area (Å²) in [6, 6.07) is 16.2. The molecule has 3 aromatic carbocycles. The van der Waals surface area contributed by atoms with Gasteiger partial charge >= 0.3 is 6.18 Å². The van der Waals surface area contributed by atoms with Crippen LogP contribution in [0.15, 0.2) is 65.8 Å². The second-order valence-corrected chi connectivity index (χ2v) is 15.1. The number of carbonyl (C=O) groups is 3. The molecule has 3 amide bonds. The lowest BCUT2D eigenvalue weighted by Gasteiger charge is -2.31. The van der Waals surface area contributed by atoms with Crippen molar-refractivity contribution in [3.05, 3.63) is 93.5 Å². The number of anilines is 2. The van der Waals surface area contributed by atoms with E-state index >= 15 is 0 Å². The van der Waals surface area contributed by atoms with Crippen LogP contribution in [-0.4, -0.2) is 108 Å². The van der Waals surface area contributed by atoms with Crippen LogP contribution in [-0.2, 0) is 31.7 Å². The summed E-state index contributed by atoms with van der Waals surface area (Å²) in [4.78, 5) is 41.3. The molecule has 5 rings (SSSR count). The van der Waals surface area contributed by atoms with Gasteiger partial charge in [-0.25, -0.2) is 5.43 Å². The lowest BCUT2D eigenvalue weighted by atomic mass is 9.94. The first-order chi connectivity index (χ1) is 29.5. The minimum atomic E-state index is -4.63. The highest BCUT2D eigenvalue weighted by atomic mass is 35.5. The Morgan fingerprint density at radius 3 is 2.26 bits per heavy atom. The van der Waals surface area contributed by atoms with E-state index in [0.29, 0.717) is 70.4 Å². The number of halogens is 4. The zero-order chi connectivity index (χ0) is 43.9. The van der Waals surface area contributed by atoms with Gasteiger partial charge in [-0.15, -0.1) is 0 Å². The van der Waals surface area contributed by atoms with Gasteiger partial charge in [-0.3, -0.25) is 19.3 Å². The van der Waals surface area contributed by atoms with Crippen LogP contribution in [0.1, 0.15) is 82.9 Å². The van der Waals surface area contributed by atoms with Gasteiger partial charge in [0, 0.05) is 44.0 Å². The normalized spacial score (nSPS) is 15.0. The van der Waals surface area contributed by atoms with E-state index in [4.69, 9.17) is 31.5 Å². The molecule has 0 aliphatic carbocycles. The molecule has 61 heavy (non-hydrogen) atoms. The van der Waals surface area contributed by atoms with Gasteiger partial charge in [0.25, 0.3) is 11.8 Å². The first-order valence-corrected chi connectivity index (χ1v) is 21.2. The van der Waals surface area contributed by atoms with Gasteiger partial charge in [0.1, 0.15) is 0 Å². The Balaban J connectivity index is 0.000000466. The molecule has 2 saturated heterocycles. The number of nitrogens with two attached hydrogens (primary N) is 1. The minimum absolute atomic E-state index is 0.113. The molecule has 2 heterocycles. The number of hydrazone groups is 1. The number of carbonyl (C=O) groups excluding carboxylic acids is 3. The number of hydrogen-bond donors (Lipinski definition) is 4. The van der Waals surface area contributed by atoms with E-state index in [0.717, 1.165) is 87.5 Å². The zero-order valence-corrected chi connectivity index (χ0v) is 35.6. The molecule has 0 saturated carbocycles. The SMILES string of the molecule is CCC1CCN(Cc2cccc(C(=O)Nc3ccc(N4CCCCC4)cc3C(=O)N/N=C/c3ccc(Cl)c(C(F)(F)F)c3)c2)CC1.NCCOCCOCCOCCNC=O. The standard InChI is InChI=1S/C35H39ClF3N5O2.C9H20N2O4/c1-2-24-13-17-43(18-14-24)23-26-7-6-8-27(19-26)33(45)41-32-12-10-28(44-15-4-3-5-16-44)21-29(32)34(46)42-40-22-25-9-11-31(36)30(20-25)35(37,38)39;10-1-3-13-5-7-15-8-6-14-4-2-11-9-12/h6-12,19-22,24H,2-5,13-18,23H2,1H3,(H,41,45)(H,42,46);9H,1-8,10H2,(H,11,12)/b40-22+;. The molecule has 0 bridgehead atoms. The third kappa shape index (κ3) is 17.4. The van der Waals surface area contributed by atoms with Crippen LogP contribution < -0.4 is 26.7 Å². The van der Waals surface area contributed by atoms with Crippen LogP contribution in [0.3, 0.4) is 0 Å². The number of ether oxygens (including phenoxy) is 3. The van der Waals surface area contributed by atoms with E-state index in [1.165, 1.54) is 25.3 Å². The van der Waals surface area contributed by atoms with Crippen molar-refractivity contribution < 1.29 is 41.8 Å². The third-order valence-electron chi connectivity index (χ3n) is 10.3. The van der Waals surface area contributed by atoms with Crippen LogP contribution in [0.5, 0.6) is 0 Å². The predicted octanol–water partition coefficient (Wildman–Crippen LogP) is 6.73. The van der Waals surface area contributed by atoms with E-state index in [9.17, 15) is 27.6 Å². The number of hydrogen-bond acceptors (Lipinski definition) is 10. The highest BCUT2D eigenvalue weighted by Gasteiger charge is 2.33. The van der Waals surface area contributed by atoms with Gasteiger partial charge in [-0.2, -0.15) is 18.3 Å². The maximum Gasteiger partial charge on any atom is 0.417 e. The molecule has 5 N–H and O–H groups in total. The highest BCUT2D eigenvalue weighted by Crippen LogP contribution is 2.35. The molecule has 3 aromatic rings. The van der Waals surface area contributed by atoms with Gasteiger partial charge in [-0.1, -0.05) is 43.1 Å². The summed E-state index contributed by atoms with van der Waals surface area (Å²) >= 11 is 5.71. The first-order valence-electron chi connectivity index (χ1n) is 20.8. The van der Waals surface area contributed by atoms with Crippen LogP contribution in [0.25, 0.3) is 0 Å². The van der Waals surface area contributed by atoms with Crippen LogP contribution in [0, 0.1) is 5.92 Å². The van der Waals surface area contributed by atoms with Gasteiger partial charge in [0.05, 0.1) is 67.7 Å². The number of nitrogens with one attached hydrogen (secondary N) is 3. The molecule has 0 spiro atoms. The summed E-state index contributed by atoms with van der Waals surface area (Å²) in [5, 5.41) is 8.87. The molecular formula is C44H59ClF3N7O6. The topological polar surface area (TPSA) is 160 Å². The summed E-state index contributed by atoms with van der Waals surface area (Å²) in [5.74, 6) is -0.179. The first kappa shape index (κ1) is 49.1. The number of likely N-dealkylation sites (tertiary alicyclic amines) is 1. The molecular weight excluding hydrogens is 815 g/mol. The Morgan fingerprint density at radius 2 is 1.59 bits per heavy atom. The predicted molar refractivity (Wildman–Crippen MR) is 232 cm³/mol. The lowest BCUT2D eigenvalue weighted by Crippen LogP contribution is -2.33. The van der Waals surface area contributed by atoms with Gasteiger partial charge in [0.2, 0.25) is 6.41 Å². The fourth-order valence-corrected chi connectivity index (χ4v) is 7.10. The monoisotopic (exact) mass is 873 g/mol. The van der Waals surface area contributed by atoms with Crippen LogP contribution >= 0.6 is 11.6 Å². The average Bonchev–Trinajstić information content (AvgIpc) is 3.26. The summed E-state index contributed by atoms with van der Waals surface area (Å²) in [6.07, 6.45) is 3.94. The highest BCUT2D eigenvalue weighted by molar-refractivity contribution is 6.31. The van der Waals surface area contributed by atoms with E-state index < -0.39 is 22.7 Å². The molecule has 0 radical (unpaired) electrons. The van der Waals surface area contributed by atoms with E-state index in [1.807, 2.05) is 24.3 Å². The Hall–Kier alpha value is -4.58. The fraction of sp³-hybridized carbons (Fsp3) is 0.500. The quantitative estimate of drug-likeness (QED) is 0.0394. The largest absolute Gasteiger partial charge is 0.417 e. The number of nitrogens with zero attached hydrogens (tertiary/aromatic N) is 3. The van der Waals surface area contributed by atoms with E-state index in [-0.39, 0.29) is 17.0 Å². The third-order valence-corrected chi connectivity index (χ3v) is 10.6. The molecule has 17 heteroatoms. The van der Waals surface area contributed by atoms with E-state index in [2.05, 4.69) is 37.9 Å². The molecule has 0 atom stereocenters. The van der Waals surface area contributed by atoms with Crippen molar-refractivity contribution in [2.45, 2.75) is 58.2 Å². The number of amides is 3. The molecule has 0 aromatic heterocycles. The second kappa shape index (κ2) is 26.7. The summed E-state index contributed by atoms with van der Waals surface area (Å²) < 4.78 is 55.3. The van der Waals surface area contributed by atoms with Crippen molar-refractivity contribution in [1.29, 1.82) is 0 Å². The molecule has 2 aliphatic heterocycles. The number of piperidine rings is 2. The second-order valence-electron chi connectivity index (χ2n) is 14.7. The lowest BCUT2D eigenvalue weighted by molar-refractivity contribution is -0.137. The zero-order valence-electron chi connectivity index (χ0n) is 34.8. The maximum atomic E-state index is 13.4. The summed E-state index contributed by atoms with van der Waals surface area (Å²) in [7, 11) is 0. The van der Waals surface area contributed by atoms with Crippen molar-refractivity contribution in [3.63, 3.8) is 0 Å². The van der Waals surface area contributed by atoms with Crippen molar-refractivity contribution in [3.8, 4) is 0 Å². The van der Waals surface area contributed by atoms with Crippen LogP contribution in [0.2, 0.25) is 5.02 Å². The maximum absolute atomic E-state index is 13.4. The average molecular weight is 874 g/mol. The molecule has 0 unspecified atom stereocenters. The Morgan fingerprint density at radius 1 is 0.885 bits per heavy atom. The van der Waals surface area contributed by atoms with E-state index in [1.54, 1.807) is 18.2 Å². The van der Waals surface area contributed by atoms with Crippen molar-refractivity contribution in [2.75, 3.05) is 89.1 Å². The van der Waals surface area contributed by atoms with Crippen molar-refractivity contribution in [1.82, 2.24) is 15.6 Å². The number of rotatable bonds is 21. The molecule has 13 nitrogen and oxygen atoms in total. The van der Waals surface area contributed by atoms with Crippen molar-refractivity contribution >= 4 is 47.4 Å². The van der Waals surface area contributed by atoms with Gasteiger partial charge in [-0.05, 0) is 105 Å². The number of benzene rings is 3. The van der Waals surface area contributed by atoms with Gasteiger partial charge in [0.15, 0.2) is 0 Å². The fourth-order valence-electron chi connectivity index (χ4n) is 6.88. The number of alkyl halides is 3. The molecule has 2 aliphatic rings. The van der Waals surface area contributed by atoms with Crippen molar-refractivity contribution in [2.24, 2.45) is 16.8 Å². The van der Waals surface area contributed by atoms with Crippen LogP contribution in [0.4, 0.5) is 24.5 Å². The summed E-state index contributed by atoms with van der Waals surface area (Å²) in [5.41, 5.74) is 9.62. The Bertz CT molecular complexity index is 1840. The summed E-state index contributed by atoms with van der Waals surface area (Å²) in [6.45, 7) is 11.1. The molecule has 2 fully saturated rings. The molecule has 334 valence electrons. The Labute approximate surface area is 361 Å². The minimum Gasteiger partial charge on any atom is -0.378 e. The van der Waals surface area contributed by atoms with Gasteiger partial charge < -0.3 is 35.5 Å². The smallest absolute Gasteiger partial charge is 0.378 e. The Kier molecular flexibility index (Phi) is 21.5.